The Morgan fingerprint density at radius 2 is 1.67 bits per heavy atom. The first-order valence-corrected chi connectivity index (χ1v) is 10.9. The number of aliphatic imine (C=N–C) groups is 1. The van der Waals surface area contributed by atoms with E-state index < -0.39 is 0 Å². The van der Waals surface area contributed by atoms with E-state index in [0.717, 1.165) is 39.0 Å². The fraction of sp³-hybridized carbons (Fsp3) is 0.458. The Morgan fingerprint density at radius 1 is 1.00 bits per heavy atom. The van der Waals surface area contributed by atoms with Crippen molar-refractivity contribution in [3.8, 4) is 5.75 Å². The molecule has 0 amide bonds. The van der Waals surface area contributed by atoms with E-state index in [-0.39, 0.29) is 0 Å². The highest BCUT2D eigenvalue weighted by atomic mass is 79.9. The van der Waals surface area contributed by atoms with E-state index in [1.807, 2.05) is 24.4 Å². The summed E-state index contributed by atoms with van der Waals surface area (Å²) in [5.41, 5.74) is 4.67. The topological polar surface area (TPSA) is 32.6 Å². The van der Waals surface area contributed by atoms with Crippen molar-refractivity contribution in [3.05, 3.63) is 57.6 Å². The Balaban J connectivity index is 1.47. The Bertz CT molecular complexity index is 881. The highest BCUT2D eigenvalue weighted by Crippen LogP contribution is 2.60. The van der Waals surface area contributed by atoms with Crippen LogP contribution < -0.4 is 0 Å². The lowest BCUT2D eigenvalue weighted by Crippen LogP contribution is -2.48. The number of hydrogen-bond acceptors (Lipinski definition) is 2. The van der Waals surface area contributed by atoms with Crippen LogP contribution in [0.25, 0.3) is 0 Å². The second-order valence-electron chi connectivity index (χ2n) is 9.16. The van der Waals surface area contributed by atoms with E-state index in [1.165, 1.54) is 44.1 Å². The van der Waals surface area contributed by atoms with Crippen molar-refractivity contribution in [1.29, 1.82) is 0 Å². The molecule has 4 saturated carbocycles. The summed E-state index contributed by atoms with van der Waals surface area (Å²) in [5.74, 6) is 3.09. The maximum atomic E-state index is 10.4. The summed E-state index contributed by atoms with van der Waals surface area (Å²) in [6.07, 6.45) is 10.2. The van der Waals surface area contributed by atoms with Crippen LogP contribution in [0.15, 0.2) is 45.9 Å². The summed E-state index contributed by atoms with van der Waals surface area (Å²) in [7, 11) is 0. The summed E-state index contributed by atoms with van der Waals surface area (Å²) in [5, 5.41) is 10.4. The standard InChI is InChI=1S/C24H26BrNO/c1-15-6-21(25)3-4-22(15)26-14-19-10-20(2-5-23(19)27)24-11-16-7-17(12-24)9-18(8-16)13-24/h2-6,10,14,16-18,27H,7-9,11-13H2,1H3. The van der Waals surface area contributed by atoms with Gasteiger partial charge in [-0.3, -0.25) is 4.99 Å². The second kappa shape index (κ2) is 6.48. The monoisotopic (exact) mass is 423 g/mol. The van der Waals surface area contributed by atoms with Crippen molar-refractivity contribution in [3.63, 3.8) is 0 Å². The zero-order chi connectivity index (χ0) is 18.6. The molecule has 0 saturated heterocycles. The molecule has 2 aromatic carbocycles. The lowest BCUT2D eigenvalue weighted by molar-refractivity contribution is -0.00520. The molecule has 4 aliphatic carbocycles. The van der Waals surface area contributed by atoms with Crippen LogP contribution in [0.3, 0.4) is 0 Å². The maximum absolute atomic E-state index is 10.4. The minimum absolute atomic E-state index is 0.321. The average molecular weight is 424 g/mol. The lowest BCUT2D eigenvalue weighted by atomic mass is 9.48. The zero-order valence-corrected chi connectivity index (χ0v) is 17.4. The number of hydrogen-bond donors (Lipinski definition) is 1. The van der Waals surface area contributed by atoms with Crippen molar-refractivity contribution in [2.45, 2.75) is 50.9 Å². The fourth-order valence-corrected chi connectivity index (χ4v) is 6.83. The third-order valence-electron chi connectivity index (χ3n) is 7.18. The second-order valence-corrected chi connectivity index (χ2v) is 10.1. The van der Waals surface area contributed by atoms with Gasteiger partial charge in [-0.05, 0) is 110 Å². The minimum Gasteiger partial charge on any atom is -0.507 e. The van der Waals surface area contributed by atoms with Crippen LogP contribution in [-0.4, -0.2) is 11.3 Å². The first kappa shape index (κ1) is 17.5. The third-order valence-corrected chi connectivity index (χ3v) is 7.67. The summed E-state index contributed by atoms with van der Waals surface area (Å²) >= 11 is 3.50. The number of benzene rings is 2. The van der Waals surface area contributed by atoms with Gasteiger partial charge in [-0.15, -0.1) is 0 Å². The molecule has 0 radical (unpaired) electrons. The summed E-state index contributed by atoms with van der Waals surface area (Å²) < 4.78 is 1.06. The van der Waals surface area contributed by atoms with Gasteiger partial charge >= 0.3 is 0 Å². The normalized spacial score (nSPS) is 31.7. The van der Waals surface area contributed by atoms with Crippen LogP contribution >= 0.6 is 15.9 Å². The molecule has 6 rings (SSSR count). The van der Waals surface area contributed by atoms with Gasteiger partial charge < -0.3 is 5.11 Å². The van der Waals surface area contributed by atoms with Gasteiger partial charge in [0.15, 0.2) is 0 Å². The first-order chi connectivity index (χ1) is 13.0. The van der Waals surface area contributed by atoms with E-state index >= 15 is 0 Å². The molecule has 140 valence electrons. The number of phenolic OH excluding ortho intramolecular Hbond substituents is 1. The molecule has 0 aliphatic heterocycles. The van der Waals surface area contributed by atoms with Crippen LogP contribution in [0, 0.1) is 24.7 Å². The molecule has 0 atom stereocenters. The van der Waals surface area contributed by atoms with E-state index in [9.17, 15) is 5.11 Å². The average Bonchev–Trinajstić information content (AvgIpc) is 2.61. The van der Waals surface area contributed by atoms with Gasteiger partial charge in [0.2, 0.25) is 0 Å². The van der Waals surface area contributed by atoms with Gasteiger partial charge in [-0.25, -0.2) is 0 Å². The number of aromatic hydroxyl groups is 1. The lowest BCUT2D eigenvalue weighted by Gasteiger charge is -2.57. The maximum Gasteiger partial charge on any atom is 0.124 e. The van der Waals surface area contributed by atoms with Gasteiger partial charge in [0.05, 0.1) is 5.69 Å². The molecule has 4 bridgehead atoms. The van der Waals surface area contributed by atoms with Crippen molar-refractivity contribution in [1.82, 2.24) is 0 Å². The predicted molar refractivity (Wildman–Crippen MR) is 114 cm³/mol. The Labute approximate surface area is 169 Å². The molecule has 0 heterocycles. The van der Waals surface area contributed by atoms with Gasteiger partial charge in [0.25, 0.3) is 0 Å². The number of rotatable bonds is 3. The van der Waals surface area contributed by atoms with Crippen molar-refractivity contribution >= 4 is 27.8 Å². The van der Waals surface area contributed by atoms with E-state index in [2.05, 4.69) is 46.0 Å². The van der Waals surface area contributed by atoms with Crippen LogP contribution in [0.4, 0.5) is 5.69 Å². The highest BCUT2D eigenvalue weighted by Gasteiger charge is 2.51. The van der Waals surface area contributed by atoms with Crippen molar-refractivity contribution in [2.75, 3.05) is 0 Å². The molecule has 4 fully saturated rings. The number of halogens is 1. The van der Waals surface area contributed by atoms with Gasteiger partial charge in [0.1, 0.15) is 5.75 Å². The third kappa shape index (κ3) is 3.14. The van der Waals surface area contributed by atoms with Gasteiger partial charge in [0, 0.05) is 16.3 Å². The van der Waals surface area contributed by atoms with Crippen molar-refractivity contribution in [2.24, 2.45) is 22.7 Å². The predicted octanol–water partition coefficient (Wildman–Crippen LogP) is 6.68. The highest BCUT2D eigenvalue weighted by molar-refractivity contribution is 9.10. The van der Waals surface area contributed by atoms with Crippen LogP contribution in [0.2, 0.25) is 0 Å². The quantitative estimate of drug-likeness (QED) is 0.548. The molecule has 0 spiro atoms. The molecule has 0 unspecified atom stereocenters. The number of aryl methyl sites for hydroxylation is 1. The van der Waals surface area contributed by atoms with Crippen LogP contribution in [0.5, 0.6) is 5.75 Å². The van der Waals surface area contributed by atoms with Gasteiger partial charge in [-0.1, -0.05) is 22.0 Å². The van der Waals surface area contributed by atoms with E-state index in [4.69, 9.17) is 0 Å². The molecular weight excluding hydrogens is 398 g/mol. The Hall–Kier alpha value is -1.61. The smallest absolute Gasteiger partial charge is 0.124 e. The Kier molecular flexibility index (Phi) is 4.19. The van der Waals surface area contributed by atoms with Crippen LogP contribution in [-0.2, 0) is 5.41 Å². The molecular formula is C24H26BrNO. The molecule has 2 nitrogen and oxygen atoms in total. The van der Waals surface area contributed by atoms with Crippen LogP contribution in [0.1, 0.15) is 55.2 Å². The zero-order valence-electron chi connectivity index (χ0n) is 15.8. The molecule has 3 heteroatoms. The van der Waals surface area contributed by atoms with Crippen molar-refractivity contribution < 1.29 is 5.11 Å². The largest absolute Gasteiger partial charge is 0.507 e. The first-order valence-electron chi connectivity index (χ1n) is 10.1. The molecule has 1 N–H and O–H groups in total. The summed E-state index contributed by atoms with van der Waals surface area (Å²) in [6.45, 7) is 2.06. The van der Waals surface area contributed by atoms with E-state index in [1.54, 1.807) is 0 Å². The molecule has 27 heavy (non-hydrogen) atoms. The molecule has 0 aromatic heterocycles. The Morgan fingerprint density at radius 3 is 2.30 bits per heavy atom. The van der Waals surface area contributed by atoms with E-state index in [0.29, 0.717) is 11.2 Å². The fourth-order valence-electron chi connectivity index (χ4n) is 6.35. The summed E-state index contributed by atoms with van der Waals surface area (Å²) in [4.78, 5) is 4.66. The number of nitrogens with zero attached hydrogens (tertiary/aromatic N) is 1. The van der Waals surface area contributed by atoms with Gasteiger partial charge in [-0.2, -0.15) is 0 Å². The molecule has 4 aliphatic rings. The number of phenols is 1. The molecule has 2 aromatic rings. The summed E-state index contributed by atoms with van der Waals surface area (Å²) in [6, 6.07) is 12.3. The minimum atomic E-state index is 0.321. The SMILES string of the molecule is Cc1cc(Br)ccc1N=Cc1cc(C23CC4CC(CC(C4)C2)C3)ccc1O.